The number of allylic oxidation sites excluding steroid dienone is 2. The molecule has 5 atom stereocenters. The smallest absolute Gasteiger partial charge is 0.410 e. The van der Waals surface area contributed by atoms with Crippen LogP contribution in [-0.4, -0.2) is 24.9 Å². The standard InChI is InChI=1S/C13H17NO4/c1-3-14-13(16)18-12-9-7-4-6(2)8(5-7)10(9)11(15)17-12/h4,7-10,12H,3,5H2,1-2H3,(H,14,16). The van der Waals surface area contributed by atoms with Gasteiger partial charge in [0.2, 0.25) is 0 Å². The molecule has 0 aromatic carbocycles. The molecule has 5 unspecified atom stereocenters. The molecule has 98 valence electrons. The summed E-state index contributed by atoms with van der Waals surface area (Å²) in [6.07, 6.45) is 1.96. The minimum absolute atomic E-state index is 0.00815. The SMILES string of the molecule is CCNC(=O)OC1OC(=O)C2C3CC(C=C3C)C12. The van der Waals surface area contributed by atoms with Crippen molar-refractivity contribution in [1.82, 2.24) is 5.32 Å². The second-order valence-corrected chi connectivity index (χ2v) is 5.26. The summed E-state index contributed by atoms with van der Waals surface area (Å²) in [5, 5.41) is 2.55. The van der Waals surface area contributed by atoms with Crippen molar-refractivity contribution in [2.75, 3.05) is 6.54 Å². The van der Waals surface area contributed by atoms with Gasteiger partial charge in [0, 0.05) is 6.54 Å². The molecule has 0 aromatic heterocycles. The van der Waals surface area contributed by atoms with Gasteiger partial charge in [0.25, 0.3) is 6.29 Å². The molecule has 1 saturated heterocycles. The Balaban J connectivity index is 1.76. The highest BCUT2D eigenvalue weighted by Gasteiger charge is 2.60. The summed E-state index contributed by atoms with van der Waals surface area (Å²) >= 11 is 0. The van der Waals surface area contributed by atoms with E-state index in [1.54, 1.807) is 0 Å². The van der Waals surface area contributed by atoms with Gasteiger partial charge < -0.3 is 14.8 Å². The summed E-state index contributed by atoms with van der Waals surface area (Å²) in [5.41, 5.74) is 1.27. The Morgan fingerprint density at radius 2 is 2.39 bits per heavy atom. The highest BCUT2D eigenvalue weighted by Crippen LogP contribution is 2.56. The van der Waals surface area contributed by atoms with Gasteiger partial charge in [0.1, 0.15) is 0 Å². The van der Waals surface area contributed by atoms with E-state index < -0.39 is 12.4 Å². The molecule has 0 aromatic rings. The Morgan fingerprint density at radius 3 is 3.11 bits per heavy atom. The molecular weight excluding hydrogens is 234 g/mol. The maximum absolute atomic E-state index is 11.9. The first-order valence-corrected chi connectivity index (χ1v) is 6.45. The van der Waals surface area contributed by atoms with Crippen molar-refractivity contribution in [3.05, 3.63) is 11.6 Å². The van der Waals surface area contributed by atoms with E-state index in [1.165, 1.54) is 5.57 Å². The van der Waals surface area contributed by atoms with Gasteiger partial charge in [-0.3, -0.25) is 4.79 Å². The van der Waals surface area contributed by atoms with Crippen molar-refractivity contribution < 1.29 is 19.1 Å². The maximum Gasteiger partial charge on any atom is 0.410 e. The molecule has 3 rings (SSSR count). The second kappa shape index (κ2) is 4.00. The topological polar surface area (TPSA) is 64.6 Å². The largest absolute Gasteiger partial charge is 0.424 e. The Bertz CT molecular complexity index is 431. The number of alkyl carbamates (subject to hydrolysis) is 1. The first-order valence-electron chi connectivity index (χ1n) is 6.45. The van der Waals surface area contributed by atoms with Crippen LogP contribution in [0, 0.1) is 23.7 Å². The van der Waals surface area contributed by atoms with Crippen LogP contribution in [0.4, 0.5) is 4.79 Å². The van der Waals surface area contributed by atoms with Gasteiger partial charge in [-0.25, -0.2) is 4.79 Å². The van der Waals surface area contributed by atoms with Gasteiger partial charge in [-0.15, -0.1) is 0 Å². The average Bonchev–Trinajstić information content (AvgIpc) is 2.92. The van der Waals surface area contributed by atoms with Crippen LogP contribution >= 0.6 is 0 Å². The number of carbonyl (C=O) groups excluding carboxylic acids is 2. The summed E-state index contributed by atoms with van der Waals surface area (Å²) in [7, 11) is 0. The number of ether oxygens (including phenoxy) is 2. The lowest BCUT2D eigenvalue weighted by molar-refractivity contribution is -0.158. The van der Waals surface area contributed by atoms with E-state index in [1.807, 2.05) is 6.92 Å². The van der Waals surface area contributed by atoms with Gasteiger partial charge in [0.15, 0.2) is 0 Å². The molecule has 0 spiro atoms. The lowest BCUT2D eigenvalue weighted by Gasteiger charge is -2.23. The predicted molar refractivity (Wildman–Crippen MR) is 62.4 cm³/mol. The minimum atomic E-state index is -0.714. The van der Waals surface area contributed by atoms with Crippen molar-refractivity contribution >= 4 is 12.1 Å². The van der Waals surface area contributed by atoms with Crippen LogP contribution in [0.25, 0.3) is 0 Å². The second-order valence-electron chi connectivity index (χ2n) is 5.26. The minimum Gasteiger partial charge on any atom is -0.424 e. The molecule has 1 amide bonds. The third kappa shape index (κ3) is 1.53. The summed E-state index contributed by atoms with van der Waals surface area (Å²) in [6, 6.07) is 0. The molecule has 3 aliphatic rings. The first kappa shape index (κ1) is 11.6. The van der Waals surface area contributed by atoms with Gasteiger partial charge in [-0.1, -0.05) is 11.6 Å². The number of carbonyl (C=O) groups is 2. The highest BCUT2D eigenvalue weighted by atomic mass is 16.7. The normalized spacial score (nSPS) is 40.2. The fourth-order valence-electron chi connectivity index (χ4n) is 3.60. The zero-order chi connectivity index (χ0) is 12.9. The van der Waals surface area contributed by atoms with Crippen LogP contribution in [-0.2, 0) is 14.3 Å². The van der Waals surface area contributed by atoms with Crippen LogP contribution in [0.1, 0.15) is 20.3 Å². The van der Waals surface area contributed by atoms with Crippen molar-refractivity contribution in [2.24, 2.45) is 23.7 Å². The van der Waals surface area contributed by atoms with Gasteiger partial charge in [0.05, 0.1) is 11.8 Å². The predicted octanol–water partition coefficient (Wildman–Crippen LogP) is 1.44. The first-order chi connectivity index (χ1) is 8.61. The Labute approximate surface area is 106 Å². The number of cyclic esters (lactones) is 1. The van der Waals surface area contributed by atoms with Gasteiger partial charge >= 0.3 is 12.1 Å². The van der Waals surface area contributed by atoms with Crippen molar-refractivity contribution in [3.63, 3.8) is 0 Å². The van der Waals surface area contributed by atoms with E-state index in [9.17, 15) is 9.59 Å². The molecule has 18 heavy (non-hydrogen) atoms. The van der Waals surface area contributed by atoms with E-state index in [0.717, 1.165) is 6.42 Å². The van der Waals surface area contributed by atoms with Crippen molar-refractivity contribution in [1.29, 1.82) is 0 Å². The van der Waals surface area contributed by atoms with E-state index in [2.05, 4.69) is 18.3 Å². The number of hydrogen-bond donors (Lipinski definition) is 1. The number of hydrogen-bond acceptors (Lipinski definition) is 4. The lowest BCUT2D eigenvalue weighted by atomic mass is 9.81. The molecule has 5 heteroatoms. The third-order valence-electron chi connectivity index (χ3n) is 4.29. The Kier molecular flexibility index (Phi) is 2.57. The Morgan fingerprint density at radius 1 is 1.61 bits per heavy atom. The molecule has 1 heterocycles. The summed E-state index contributed by atoms with van der Waals surface area (Å²) in [6.45, 7) is 4.37. The number of esters is 1. The number of nitrogens with one attached hydrogen (secondary N) is 1. The monoisotopic (exact) mass is 251 g/mol. The van der Waals surface area contributed by atoms with E-state index in [-0.39, 0.29) is 23.7 Å². The molecule has 0 radical (unpaired) electrons. The summed E-state index contributed by atoms with van der Waals surface area (Å²) in [4.78, 5) is 23.3. The van der Waals surface area contributed by atoms with E-state index >= 15 is 0 Å². The molecular formula is C13H17NO4. The van der Waals surface area contributed by atoms with Crippen molar-refractivity contribution in [3.8, 4) is 0 Å². The van der Waals surface area contributed by atoms with Crippen LogP contribution in [0.5, 0.6) is 0 Å². The Hall–Kier alpha value is -1.52. The van der Waals surface area contributed by atoms with Crippen LogP contribution in [0.2, 0.25) is 0 Å². The molecule has 2 fully saturated rings. The quantitative estimate of drug-likeness (QED) is 0.596. The number of fused-ring (bicyclic) bond motifs is 5. The molecule has 1 aliphatic heterocycles. The third-order valence-corrected chi connectivity index (χ3v) is 4.29. The summed E-state index contributed by atoms with van der Waals surface area (Å²) < 4.78 is 10.4. The molecule has 2 aliphatic carbocycles. The molecule has 1 saturated carbocycles. The zero-order valence-electron chi connectivity index (χ0n) is 10.5. The molecule has 5 nitrogen and oxygen atoms in total. The molecule has 1 N–H and O–H groups in total. The van der Waals surface area contributed by atoms with Crippen molar-refractivity contribution in [2.45, 2.75) is 26.6 Å². The van der Waals surface area contributed by atoms with Gasteiger partial charge in [-0.2, -0.15) is 0 Å². The zero-order valence-corrected chi connectivity index (χ0v) is 10.5. The number of rotatable bonds is 2. The van der Waals surface area contributed by atoms with E-state index in [0.29, 0.717) is 12.5 Å². The van der Waals surface area contributed by atoms with Crippen LogP contribution in [0.3, 0.4) is 0 Å². The maximum atomic E-state index is 11.9. The van der Waals surface area contributed by atoms with Crippen LogP contribution < -0.4 is 5.32 Å². The fraction of sp³-hybridized carbons (Fsp3) is 0.692. The van der Waals surface area contributed by atoms with Crippen LogP contribution in [0.15, 0.2) is 11.6 Å². The number of amides is 1. The molecule has 2 bridgehead atoms. The summed E-state index contributed by atoms with van der Waals surface area (Å²) in [5.74, 6) is 0.281. The average molecular weight is 251 g/mol. The fourth-order valence-corrected chi connectivity index (χ4v) is 3.60. The lowest BCUT2D eigenvalue weighted by Crippen LogP contribution is -2.34. The van der Waals surface area contributed by atoms with E-state index in [4.69, 9.17) is 9.47 Å². The van der Waals surface area contributed by atoms with Gasteiger partial charge in [-0.05, 0) is 32.1 Å². The highest BCUT2D eigenvalue weighted by molar-refractivity contribution is 5.78.